The molecule has 2 aliphatic rings. The summed E-state index contributed by atoms with van der Waals surface area (Å²) in [5, 5.41) is 4.69. The molecular weight excluding hydrogens is 631 g/mol. The maximum Gasteiger partial charge on any atom is 0.409 e. The summed E-state index contributed by atoms with van der Waals surface area (Å²) in [4.78, 5) is 29.0. The van der Waals surface area contributed by atoms with E-state index in [4.69, 9.17) is 32.7 Å². The normalized spacial score (nSPS) is 15.0. The molecule has 0 radical (unpaired) electrons. The quantitative estimate of drug-likeness (QED) is 0.367. The number of carbonyl (C=O) groups is 2. The van der Waals surface area contributed by atoms with Gasteiger partial charge in [-0.25, -0.2) is 9.59 Å². The third-order valence-corrected chi connectivity index (χ3v) is 6.92. The van der Waals surface area contributed by atoms with Gasteiger partial charge < -0.3 is 29.5 Å². The van der Waals surface area contributed by atoms with E-state index in [1.165, 1.54) is 0 Å². The molecule has 228 valence electrons. The van der Waals surface area contributed by atoms with Gasteiger partial charge in [0.25, 0.3) is 0 Å². The van der Waals surface area contributed by atoms with Crippen LogP contribution in [0.4, 0.5) is 15.3 Å². The molecule has 8 nitrogen and oxygen atoms in total. The van der Waals surface area contributed by atoms with Crippen molar-refractivity contribution in [1.29, 1.82) is 0 Å². The first-order valence-corrected chi connectivity index (χ1v) is 15.6. The fourth-order valence-electron chi connectivity index (χ4n) is 3.79. The molecule has 0 spiro atoms. The zero-order valence-electron chi connectivity index (χ0n) is 24.5. The zero-order valence-corrected chi connectivity index (χ0v) is 27.6. The second kappa shape index (κ2) is 19.1. The third kappa shape index (κ3) is 14.5. The number of amides is 2. The monoisotopic (exact) mass is 672 g/mol. The molecule has 1 N–H and O–H groups in total. The highest BCUT2D eigenvalue weighted by atomic mass is 79.9. The van der Waals surface area contributed by atoms with Gasteiger partial charge >= 0.3 is 12.2 Å². The van der Waals surface area contributed by atoms with Crippen molar-refractivity contribution in [2.75, 3.05) is 70.5 Å². The third-order valence-electron chi connectivity index (χ3n) is 5.95. The lowest BCUT2D eigenvalue weighted by atomic mass is 10.2. The van der Waals surface area contributed by atoms with Crippen LogP contribution in [0.15, 0.2) is 53.0 Å². The van der Waals surface area contributed by atoms with E-state index in [2.05, 4.69) is 26.1 Å². The fourth-order valence-corrected chi connectivity index (χ4v) is 4.69. The van der Waals surface area contributed by atoms with Crippen molar-refractivity contribution in [2.45, 2.75) is 27.7 Å². The van der Waals surface area contributed by atoms with E-state index in [9.17, 15) is 9.59 Å². The van der Waals surface area contributed by atoms with E-state index < -0.39 is 0 Å². The summed E-state index contributed by atoms with van der Waals surface area (Å²) in [5.41, 5.74) is 1.10. The Hall–Kier alpha value is -2.20. The molecule has 0 saturated carbocycles. The second-order valence-electron chi connectivity index (χ2n) is 10.6. The minimum atomic E-state index is -0.204. The SMILES string of the molecule is CC(C)COC(=O)N1CCN(c2cccc(Cl)c2)CC1.CC(C)COC(=O)N1CCNCC1.Clc1cccc(Br)c1. The molecule has 2 fully saturated rings. The number of piperazine rings is 2. The van der Waals surface area contributed by atoms with Crippen LogP contribution in [0.25, 0.3) is 0 Å². The number of nitrogens with one attached hydrogen (secondary N) is 1. The molecule has 2 amide bonds. The van der Waals surface area contributed by atoms with Gasteiger partial charge in [0.05, 0.1) is 13.2 Å². The first kappa shape index (κ1) is 35.0. The molecule has 11 heteroatoms. The van der Waals surface area contributed by atoms with Crippen LogP contribution in [0.2, 0.25) is 10.0 Å². The van der Waals surface area contributed by atoms with Crippen LogP contribution >= 0.6 is 39.1 Å². The average molecular weight is 675 g/mol. The van der Waals surface area contributed by atoms with Crippen molar-refractivity contribution in [3.8, 4) is 0 Å². The topological polar surface area (TPSA) is 74.4 Å². The minimum absolute atomic E-state index is 0.171. The molecule has 2 saturated heterocycles. The second-order valence-corrected chi connectivity index (χ2v) is 12.4. The average Bonchev–Trinajstić information content (AvgIpc) is 2.95. The van der Waals surface area contributed by atoms with Crippen LogP contribution in [-0.4, -0.2) is 87.6 Å². The van der Waals surface area contributed by atoms with Gasteiger partial charge in [-0.15, -0.1) is 0 Å². The van der Waals surface area contributed by atoms with Gasteiger partial charge in [-0.2, -0.15) is 0 Å². The lowest BCUT2D eigenvalue weighted by Gasteiger charge is -2.35. The predicted molar refractivity (Wildman–Crippen MR) is 171 cm³/mol. The standard InChI is InChI=1S/C15H21ClN2O2.C9H18N2O2.C6H4BrCl/c1-12(2)11-20-15(19)18-8-6-17(7-9-18)14-5-3-4-13(16)10-14;1-8(2)7-13-9(12)11-5-3-10-4-6-11;7-5-2-1-3-6(8)4-5/h3-5,10,12H,6-9,11H2,1-2H3;8,10H,3-7H2,1-2H3;1-4H. The Morgan fingerprint density at radius 3 is 1.71 bits per heavy atom. The van der Waals surface area contributed by atoms with Crippen molar-refractivity contribution in [3.63, 3.8) is 0 Å². The van der Waals surface area contributed by atoms with Crippen LogP contribution in [0.1, 0.15) is 27.7 Å². The molecule has 0 bridgehead atoms. The Morgan fingerprint density at radius 1 is 0.780 bits per heavy atom. The molecule has 4 rings (SSSR count). The molecule has 0 aromatic heterocycles. The van der Waals surface area contributed by atoms with Crippen molar-refractivity contribution in [1.82, 2.24) is 15.1 Å². The van der Waals surface area contributed by atoms with Gasteiger partial charge in [0.2, 0.25) is 0 Å². The summed E-state index contributed by atoms with van der Waals surface area (Å²) >= 11 is 14.9. The number of nitrogens with zero attached hydrogens (tertiary/aromatic N) is 3. The number of hydrogen-bond acceptors (Lipinski definition) is 6. The Bertz CT molecular complexity index is 1050. The summed E-state index contributed by atoms with van der Waals surface area (Å²) < 4.78 is 11.4. The van der Waals surface area contributed by atoms with Crippen molar-refractivity contribution in [2.24, 2.45) is 11.8 Å². The maximum absolute atomic E-state index is 11.9. The maximum atomic E-state index is 11.9. The summed E-state index contributed by atoms with van der Waals surface area (Å²) in [7, 11) is 0. The lowest BCUT2D eigenvalue weighted by molar-refractivity contribution is 0.0878. The molecule has 0 aliphatic carbocycles. The summed E-state index contributed by atoms with van der Waals surface area (Å²) in [6, 6.07) is 15.3. The number of rotatable bonds is 5. The van der Waals surface area contributed by atoms with Crippen molar-refractivity contribution < 1.29 is 19.1 Å². The molecule has 2 aromatic carbocycles. The van der Waals surface area contributed by atoms with Crippen LogP contribution in [0.3, 0.4) is 0 Å². The number of anilines is 1. The van der Waals surface area contributed by atoms with E-state index in [-0.39, 0.29) is 12.2 Å². The molecule has 41 heavy (non-hydrogen) atoms. The predicted octanol–water partition coefficient (Wildman–Crippen LogP) is 7.04. The summed E-state index contributed by atoms with van der Waals surface area (Å²) in [5.74, 6) is 0.776. The number of halogens is 3. The first-order chi connectivity index (χ1) is 19.5. The summed E-state index contributed by atoms with van der Waals surface area (Å²) in [6.45, 7) is 15.4. The fraction of sp³-hybridized carbons (Fsp3) is 0.533. The largest absolute Gasteiger partial charge is 0.449 e. The lowest BCUT2D eigenvalue weighted by Crippen LogP contribution is -2.49. The molecule has 2 heterocycles. The van der Waals surface area contributed by atoms with Gasteiger partial charge in [0, 0.05) is 72.6 Å². The molecular formula is C30H43BrCl2N4O4. The van der Waals surface area contributed by atoms with E-state index in [1.807, 2.05) is 76.2 Å². The van der Waals surface area contributed by atoms with E-state index in [1.54, 1.807) is 9.80 Å². The smallest absolute Gasteiger partial charge is 0.409 e. The number of hydrogen-bond donors (Lipinski definition) is 1. The first-order valence-electron chi connectivity index (χ1n) is 14.0. The number of carbonyl (C=O) groups excluding carboxylic acids is 2. The molecule has 0 atom stereocenters. The van der Waals surface area contributed by atoms with Crippen molar-refractivity contribution >= 4 is 57.0 Å². The van der Waals surface area contributed by atoms with E-state index in [0.717, 1.165) is 59.5 Å². The van der Waals surface area contributed by atoms with Gasteiger partial charge in [-0.3, -0.25) is 0 Å². The van der Waals surface area contributed by atoms with Crippen LogP contribution < -0.4 is 10.2 Å². The van der Waals surface area contributed by atoms with Crippen LogP contribution in [0, 0.1) is 11.8 Å². The van der Waals surface area contributed by atoms with Crippen LogP contribution in [0.5, 0.6) is 0 Å². The van der Waals surface area contributed by atoms with Gasteiger partial charge in [-0.1, -0.05) is 79.0 Å². The van der Waals surface area contributed by atoms with Crippen molar-refractivity contribution in [3.05, 3.63) is 63.0 Å². The highest BCUT2D eigenvalue weighted by Crippen LogP contribution is 2.21. The Morgan fingerprint density at radius 2 is 1.27 bits per heavy atom. The van der Waals surface area contributed by atoms with E-state index in [0.29, 0.717) is 38.1 Å². The Labute approximate surface area is 263 Å². The Balaban J connectivity index is 0.000000239. The molecule has 2 aromatic rings. The minimum Gasteiger partial charge on any atom is -0.449 e. The molecule has 0 unspecified atom stereocenters. The zero-order chi connectivity index (χ0) is 30.2. The van der Waals surface area contributed by atoms with Gasteiger partial charge in [-0.05, 0) is 48.2 Å². The highest BCUT2D eigenvalue weighted by molar-refractivity contribution is 9.10. The highest BCUT2D eigenvalue weighted by Gasteiger charge is 2.22. The van der Waals surface area contributed by atoms with Crippen LogP contribution in [-0.2, 0) is 9.47 Å². The summed E-state index contributed by atoms with van der Waals surface area (Å²) in [6.07, 6.45) is -0.375. The number of benzene rings is 2. The van der Waals surface area contributed by atoms with E-state index >= 15 is 0 Å². The Kier molecular flexibility index (Phi) is 16.3. The number of ether oxygens (including phenoxy) is 2. The van der Waals surface area contributed by atoms with Gasteiger partial charge in [0.15, 0.2) is 0 Å². The van der Waals surface area contributed by atoms with Gasteiger partial charge in [0.1, 0.15) is 0 Å². The molecule has 2 aliphatic heterocycles.